The monoisotopic (exact) mass is 333 g/mol. The Balaban J connectivity index is 1.82. The number of pyridine rings is 1. The molecular weight excluding hydrogens is 323 g/mol. The van der Waals surface area contributed by atoms with Gasteiger partial charge in [-0.25, -0.2) is 0 Å². The fourth-order valence-electron chi connectivity index (χ4n) is 2.22. The largest absolute Gasteiger partial charge is 0.458 e. The lowest BCUT2D eigenvalue weighted by atomic mass is 10.0. The van der Waals surface area contributed by atoms with Gasteiger partial charge in [0.1, 0.15) is 0 Å². The minimum Gasteiger partial charge on any atom is -0.350 e. The topological polar surface area (TPSA) is 78.5 Å². The number of nitrogens with zero attached hydrogens (tertiary/aromatic N) is 3. The van der Waals surface area contributed by atoms with Gasteiger partial charge in [-0.15, -0.1) is 0 Å². The predicted octanol–water partition coefficient (Wildman–Crippen LogP) is 3.00. The summed E-state index contributed by atoms with van der Waals surface area (Å²) >= 11 is 0. The van der Waals surface area contributed by atoms with Gasteiger partial charge in [0.15, 0.2) is 0 Å². The Kier molecular flexibility index (Phi) is 3.73. The lowest BCUT2D eigenvalue weighted by Gasteiger charge is -2.22. The van der Waals surface area contributed by atoms with Gasteiger partial charge in [0.05, 0.1) is 29.5 Å². The molecule has 2 heterocycles. The molecule has 2 aromatic rings. The standard InChI is InChI=1S/C16H10F3N3O2/c17-16(18,19)15(23)8-14(22-24-15)12-3-1-11(2-4-12)13-7-10(9-20)5-6-21-13/h1-7,23H,8H2. The molecule has 5 nitrogen and oxygen atoms in total. The van der Waals surface area contributed by atoms with Crippen LogP contribution in [-0.2, 0) is 4.84 Å². The first-order chi connectivity index (χ1) is 11.3. The number of aliphatic hydroxyl groups is 1. The van der Waals surface area contributed by atoms with Crippen LogP contribution >= 0.6 is 0 Å². The highest BCUT2D eigenvalue weighted by Gasteiger charge is 2.60. The van der Waals surface area contributed by atoms with Crippen molar-refractivity contribution in [3.8, 4) is 17.3 Å². The van der Waals surface area contributed by atoms with E-state index in [4.69, 9.17) is 5.26 Å². The number of aromatic nitrogens is 1. The lowest BCUT2D eigenvalue weighted by Crippen LogP contribution is -2.45. The highest BCUT2D eigenvalue weighted by molar-refractivity contribution is 6.01. The number of oxime groups is 1. The van der Waals surface area contributed by atoms with E-state index in [1.54, 1.807) is 36.4 Å². The summed E-state index contributed by atoms with van der Waals surface area (Å²) in [6, 6.07) is 11.6. The van der Waals surface area contributed by atoms with Crippen LogP contribution in [0.25, 0.3) is 11.3 Å². The molecule has 0 saturated carbocycles. The zero-order valence-corrected chi connectivity index (χ0v) is 12.1. The maximum Gasteiger partial charge on any atom is 0.458 e. The van der Waals surface area contributed by atoms with E-state index >= 15 is 0 Å². The molecule has 0 radical (unpaired) electrons. The first-order valence-electron chi connectivity index (χ1n) is 6.83. The summed E-state index contributed by atoms with van der Waals surface area (Å²) in [5, 5.41) is 21.7. The third kappa shape index (κ3) is 2.81. The first-order valence-corrected chi connectivity index (χ1v) is 6.83. The summed E-state index contributed by atoms with van der Waals surface area (Å²) in [6.45, 7) is 0. The molecule has 0 spiro atoms. The van der Waals surface area contributed by atoms with Crippen LogP contribution in [0.5, 0.6) is 0 Å². The van der Waals surface area contributed by atoms with E-state index in [-0.39, 0.29) is 5.71 Å². The lowest BCUT2D eigenvalue weighted by molar-refractivity contribution is -0.355. The minimum atomic E-state index is -4.93. The molecule has 0 amide bonds. The third-order valence-electron chi connectivity index (χ3n) is 3.56. The van der Waals surface area contributed by atoms with Crippen LogP contribution in [0.3, 0.4) is 0 Å². The molecule has 1 aliphatic rings. The molecule has 8 heteroatoms. The molecule has 24 heavy (non-hydrogen) atoms. The second-order valence-electron chi connectivity index (χ2n) is 5.21. The average Bonchev–Trinajstić information content (AvgIpc) is 2.99. The van der Waals surface area contributed by atoms with Crippen molar-refractivity contribution >= 4 is 5.71 Å². The molecule has 1 unspecified atom stereocenters. The van der Waals surface area contributed by atoms with Gasteiger partial charge in [-0.2, -0.15) is 18.4 Å². The van der Waals surface area contributed by atoms with Crippen LogP contribution < -0.4 is 0 Å². The van der Waals surface area contributed by atoms with E-state index in [0.717, 1.165) is 0 Å². The SMILES string of the molecule is N#Cc1ccnc(-c2ccc(C3=NOC(O)(C(F)(F)F)C3)cc2)c1. The third-order valence-corrected chi connectivity index (χ3v) is 3.56. The van der Waals surface area contributed by atoms with Crippen molar-refractivity contribution in [2.24, 2.45) is 5.16 Å². The molecule has 0 aliphatic carbocycles. The van der Waals surface area contributed by atoms with Gasteiger partial charge in [0.25, 0.3) is 0 Å². The van der Waals surface area contributed by atoms with Gasteiger partial charge in [-0.3, -0.25) is 4.98 Å². The molecule has 0 saturated heterocycles. The van der Waals surface area contributed by atoms with Gasteiger partial charge in [-0.05, 0) is 17.7 Å². The summed E-state index contributed by atoms with van der Waals surface area (Å²) in [7, 11) is 0. The Labute approximate surface area is 134 Å². The molecule has 0 bridgehead atoms. The minimum absolute atomic E-state index is 0.000102. The van der Waals surface area contributed by atoms with Crippen molar-refractivity contribution in [1.82, 2.24) is 4.98 Å². The Morgan fingerprint density at radius 1 is 1.17 bits per heavy atom. The second kappa shape index (κ2) is 5.62. The normalized spacial score (nSPS) is 20.2. The molecular formula is C16H10F3N3O2. The molecule has 1 aliphatic heterocycles. The van der Waals surface area contributed by atoms with Crippen LogP contribution in [0.2, 0.25) is 0 Å². The Hall–Kier alpha value is -2.92. The van der Waals surface area contributed by atoms with Crippen molar-refractivity contribution in [3.05, 3.63) is 53.7 Å². The molecule has 1 atom stereocenters. The maximum atomic E-state index is 12.7. The van der Waals surface area contributed by atoms with E-state index in [1.165, 1.54) is 6.20 Å². The molecule has 0 fully saturated rings. The van der Waals surface area contributed by atoms with E-state index in [9.17, 15) is 18.3 Å². The van der Waals surface area contributed by atoms with Crippen LogP contribution in [0.4, 0.5) is 13.2 Å². The van der Waals surface area contributed by atoms with Crippen LogP contribution in [-0.4, -0.2) is 27.8 Å². The van der Waals surface area contributed by atoms with Crippen molar-refractivity contribution < 1.29 is 23.1 Å². The number of alkyl halides is 3. The second-order valence-corrected chi connectivity index (χ2v) is 5.21. The highest BCUT2D eigenvalue weighted by Crippen LogP contribution is 2.39. The molecule has 1 aromatic heterocycles. The fourth-order valence-corrected chi connectivity index (χ4v) is 2.22. The zero-order valence-electron chi connectivity index (χ0n) is 12.1. The van der Waals surface area contributed by atoms with Gasteiger partial charge >= 0.3 is 12.0 Å². The number of halogens is 3. The number of nitriles is 1. The van der Waals surface area contributed by atoms with Crippen LogP contribution in [0.1, 0.15) is 17.5 Å². The molecule has 3 rings (SSSR count). The van der Waals surface area contributed by atoms with Gasteiger partial charge in [0, 0.05) is 11.8 Å². The fraction of sp³-hybridized carbons (Fsp3) is 0.188. The van der Waals surface area contributed by atoms with E-state index in [2.05, 4.69) is 15.0 Å². The van der Waals surface area contributed by atoms with Crippen LogP contribution in [0, 0.1) is 11.3 Å². The smallest absolute Gasteiger partial charge is 0.350 e. The quantitative estimate of drug-likeness (QED) is 0.916. The molecule has 122 valence electrons. The van der Waals surface area contributed by atoms with Gasteiger partial charge in [-0.1, -0.05) is 29.4 Å². The summed E-state index contributed by atoms with van der Waals surface area (Å²) in [5.41, 5.74) is 2.11. The van der Waals surface area contributed by atoms with Crippen molar-refractivity contribution in [1.29, 1.82) is 5.26 Å². The Morgan fingerprint density at radius 2 is 1.83 bits per heavy atom. The maximum absolute atomic E-state index is 12.7. The van der Waals surface area contributed by atoms with Crippen molar-refractivity contribution in [3.63, 3.8) is 0 Å². The van der Waals surface area contributed by atoms with E-state index in [0.29, 0.717) is 22.4 Å². The molecule has 1 aromatic carbocycles. The Bertz CT molecular complexity index is 841. The Morgan fingerprint density at radius 3 is 2.42 bits per heavy atom. The average molecular weight is 333 g/mol. The van der Waals surface area contributed by atoms with Gasteiger partial charge < -0.3 is 9.94 Å². The van der Waals surface area contributed by atoms with E-state index in [1.807, 2.05) is 6.07 Å². The summed E-state index contributed by atoms with van der Waals surface area (Å²) < 4.78 is 38.1. The van der Waals surface area contributed by atoms with Crippen LogP contribution in [0.15, 0.2) is 47.8 Å². The number of rotatable bonds is 2. The van der Waals surface area contributed by atoms with Crippen molar-refractivity contribution in [2.75, 3.05) is 0 Å². The summed E-state index contributed by atoms with van der Waals surface area (Å²) in [4.78, 5) is 8.33. The first kappa shape index (κ1) is 16.0. The van der Waals surface area contributed by atoms with E-state index < -0.39 is 18.4 Å². The predicted molar refractivity (Wildman–Crippen MR) is 77.6 cm³/mol. The molecule has 1 N–H and O–H groups in total. The summed E-state index contributed by atoms with van der Waals surface area (Å²) in [5.74, 6) is -3.29. The van der Waals surface area contributed by atoms with Gasteiger partial charge in [0.2, 0.25) is 0 Å². The number of benzene rings is 1. The summed E-state index contributed by atoms with van der Waals surface area (Å²) in [6.07, 6.45) is -4.21. The zero-order chi connectivity index (χ0) is 17.4. The number of hydrogen-bond donors (Lipinski definition) is 1. The highest BCUT2D eigenvalue weighted by atomic mass is 19.4. The number of hydrogen-bond acceptors (Lipinski definition) is 5. The van der Waals surface area contributed by atoms with Crippen molar-refractivity contribution in [2.45, 2.75) is 18.4 Å².